The number of amides is 1. The molecule has 0 aromatic heterocycles. The topological polar surface area (TPSA) is 60.0 Å². The Labute approximate surface area is 311 Å². The summed E-state index contributed by atoms with van der Waals surface area (Å²) in [5.74, 6) is 0. The van der Waals surface area contributed by atoms with Gasteiger partial charge in [-0.1, -0.05) is 147 Å². The van der Waals surface area contributed by atoms with Crippen LogP contribution in [-0.4, -0.2) is 70.7 Å². The number of carbonyl (C=O) groups is 1. The van der Waals surface area contributed by atoms with Crippen LogP contribution in [0.2, 0.25) is 0 Å². The molecule has 0 aliphatic rings. The normalized spacial score (nSPS) is 12.7. The zero-order valence-corrected chi connectivity index (χ0v) is 33.7. The van der Waals surface area contributed by atoms with Crippen molar-refractivity contribution in [3.8, 4) is 0 Å². The number of ether oxygens (including phenoxy) is 3. The Balaban J connectivity index is 3.97. The third kappa shape index (κ3) is 40.8. The van der Waals surface area contributed by atoms with Crippen LogP contribution in [-0.2, 0) is 14.2 Å². The van der Waals surface area contributed by atoms with Gasteiger partial charge in [0, 0.05) is 26.3 Å². The first-order valence-corrected chi connectivity index (χ1v) is 21.3. The maximum Gasteiger partial charge on any atom is 0.407 e. The van der Waals surface area contributed by atoms with E-state index in [0.29, 0.717) is 19.8 Å². The van der Waals surface area contributed by atoms with Crippen molar-refractivity contribution in [3.05, 3.63) is 36.5 Å². The highest BCUT2D eigenvalue weighted by Crippen LogP contribution is 2.12. The van der Waals surface area contributed by atoms with Crippen LogP contribution < -0.4 is 5.32 Å². The van der Waals surface area contributed by atoms with E-state index in [1.165, 1.54) is 148 Å². The number of hydrogen-bond acceptors (Lipinski definition) is 5. The number of carbonyl (C=O) groups excluding carboxylic acids is 1. The number of rotatable bonds is 39. The lowest BCUT2D eigenvalue weighted by Crippen LogP contribution is -2.35. The van der Waals surface area contributed by atoms with E-state index in [-0.39, 0.29) is 18.8 Å². The summed E-state index contributed by atoms with van der Waals surface area (Å²) in [5, 5.41) is 2.81. The van der Waals surface area contributed by atoms with E-state index in [0.717, 1.165) is 32.4 Å². The second-order valence-corrected chi connectivity index (χ2v) is 14.4. The van der Waals surface area contributed by atoms with Crippen molar-refractivity contribution >= 4 is 6.09 Å². The Hall–Kier alpha value is -1.63. The third-order valence-electron chi connectivity index (χ3n) is 9.03. The number of nitrogens with one attached hydrogen (secondary N) is 1. The summed E-state index contributed by atoms with van der Waals surface area (Å²) >= 11 is 0. The largest absolute Gasteiger partial charge is 0.447 e. The highest BCUT2D eigenvalue weighted by molar-refractivity contribution is 5.67. The van der Waals surface area contributed by atoms with E-state index in [2.05, 4.69) is 55.6 Å². The van der Waals surface area contributed by atoms with Gasteiger partial charge in [-0.25, -0.2) is 4.79 Å². The summed E-state index contributed by atoms with van der Waals surface area (Å²) in [4.78, 5) is 14.2. The van der Waals surface area contributed by atoms with E-state index in [4.69, 9.17) is 14.2 Å². The van der Waals surface area contributed by atoms with Crippen molar-refractivity contribution in [2.45, 2.75) is 187 Å². The highest BCUT2D eigenvalue weighted by Gasteiger charge is 2.13. The molecule has 294 valence electrons. The van der Waals surface area contributed by atoms with Crippen molar-refractivity contribution in [2.24, 2.45) is 0 Å². The SMILES string of the molecule is CCCCCC=CCC=CCCCCCCCCOCC(COC(=O)NCCN(C)C)OCCCCCCCCC=CCCCCCCCC. The minimum atomic E-state index is -0.386. The zero-order valence-electron chi connectivity index (χ0n) is 33.7. The first-order valence-electron chi connectivity index (χ1n) is 21.3. The van der Waals surface area contributed by atoms with Crippen LogP contribution in [0, 0.1) is 0 Å². The molecule has 0 saturated heterocycles. The summed E-state index contributed by atoms with van der Waals surface area (Å²) in [7, 11) is 3.97. The molecule has 1 unspecified atom stereocenters. The molecule has 50 heavy (non-hydrogen) atoms. The molecule has 0 fully saturated rings. The standard InChI is InChI=1S/C44H84N2O4/c1-5-7-9-11-13-15-17-19-21-23-25-27-29-31-33-35-39-48-41-43(42-50-44(47)45-37-38-46(3)4)49-40-36-34-32-30-28-26-24-22-20-18-16-14-12-10-8-6-2/h13,15,19-22,43H,5-12,14,16-18,23-42H2,1-4H3,(H,45,47). The number of unbranched alkanes of at least 4 members (excludes halogenated alkanes) is 21. The lowest BCUT2D eigenvalue weighted by atomic mass is 10.1. The molecule has 0 heterocycles. The number of hydrogen-bond donors (Lipinski definition) is 1. The van der Waals surface area contributed by atoms with Gasteiger partial charge in [-0.2, -0.15) is 0 Å². The molecule has 0 aromatic rings. The van der Waals surface area contributed by atoms with E-state index in [1.807, 2.05) is 19.0 Å². The summed E-state index contributed by atoms with van der Waals surface area (Å²) in [6.07, 6.45) is 46.5. The average Bonchev–Trinajstić information content (AvgIpc) is 3.10. The highest BCUT2D eigenvalue weighted by atomic mass is 16.6. The third-order valence-corrected chi connectivity index (χ3v) is 9.03. The summed E-state index contributed by atoms with van der Waals surface area (Å²) < 4.78 is 17.6. The average molecular weight is 705 g/mol. The Morgan fingerprint density at radius 2 is 1.00 bits per heavy atom. The lowest BCUT2D eigenvalue weighted by molar-refractivity contribution is -0.0468. The molecular weight excluding hydrogens is 620 g/mol. The fourth-order valence-electron chi connectivity index (χ4n) is 5.75. The van der Waals surface area contributed by atoms with Gasteiger partial charge in [-0.3, -0.25) is 0 Å². The molecule has 0 saturated carbocycles. The van der Waals surface area contributed by atoms with Gasteiger partial charge in [0.1, 0.15) is 12.7 Å². The van der Waals surface area contributed by atoms with Gasteiger partial charge in [0.15, 0.2) is 0 Å². The molecule has 0 rings (SSSR count). The quantitative estimate of drug-likeness (QED) is 0.0510. The molecule has 0 radical (unpaired) electrons. The van der Waals surface area contributed by atoms with Crippen molar-refractivity contribution in [3.63, 3.8) is 0 Å². The molecule has 0 bridgehead atoms. The Kier molecular flexibility index (Phi) is 40.4. The predicted molar refractivity (Wildman–Crippen MR) is 217 cm³/mol. The van der Waals surface area contributed by atoms with Gasteiger partial charge >= 0.3 is 6.09 Å². The summed E-state index contributed by atoms with van der Waals surface area (Å²) in [6, 6.07) is 0. The number of likely N-dealkylation sites (N-methyl/N-ethyl adjacent to an activating group) is 1. The molecular formula is C44H84N2O4. The molecule has 0 aliphatic carbocycles. The van der Waals surface area contributed by atoms with Crippen LogP contribution in [0.4, 0.5) is 4.79 Å². The second-order valence-electron chi connectivity index (χ2n) is 14.4. The molecule has 0 aliphatic heterocycles. The number of alkyl carbamates (subject to hydrolysis) is 1. The Bertz CT molecular complexity index is 767. The molecule has 6 nitrogen and oxygen atoms in total. The van der Waals surface area contributed by atoms with Crippen molar-refractivity contribution < 1.29 is 19.0 Å². The Morgan fingerprint density at radius 3 is 1.54 bits per heavy atom. The predicted octanol–water partition coefficient (Wildman–Crippen LogP) is 12.5. The summed E-state index contributed by atoms with van der Waals surface area (Å²) in [6.45, 7) is 8.00. The van der Waals surface area contributed by atoms with Crippen LogP contribution in [0.5, 0.6) is 0 Å². The molecule has 0 spiro atoms. The van der Waals surface area contributed by atoms with Gasteiger partial charge < -0.3 is 24.4 Å². The van der Waals surface area contributed by atoms with Gasteiger partial charge in [0.05, 0.1) is 6.61 Å². The second kappa shape index (κ2) is 41.8. The van der Waals surface area contributed by atoms with E-state index >= 15 is 0 Å². The maximum atomic E-state index is 12.1. The van der Waals surface area contributed by atoms with Crippen molar-refractivity contribution in [2.75, 3.05) is 53.6 Å². The van der Waals surface area contributed by atoms with Crippen molar-refractivity contribution in [1.82, 2.24) is 10.2 Å². The first-order chi connectivity index (χ1) is 24.6. The summed E-state index contributed by atoms with van der Waals surface area (Å²) in [5.41, 5.74) is 0. The van der Waals surface area contributed by atoms with Crippen LogP contribution in [0.1, 0.15) is 181 Å². The van der Waals surface area contributed by atoms with E-state index in [1.54, 1.807) is 0 Å². The molecule has 1 amide bonds. The zero-order chi connectivity index (χ0) is 36.4. The van der Waals surface area contributed by atoms with E-state index in [9.17, 15) is 4.79 Å². The van der Waals surface area contributed by atoms with Gasteiger partial charge in [-0.05, 0) is 84.7 Å². The smallest absolute Gasteiger partial charge is 0.407 e. The van der Waals surface area contributed by atoms with Crippen molar-refractivity contribution in [1.29, 1.82) is 0 Å². The maximum absolute atomic E-state index is 12.1. The first kappa shape index (κ1) is 48.4. The molecule has 0 aromatic carbocycles. The Morgan fingerprint density at radius 1 is 0.560 bits per heavy atom. The van der Waals surface area contributed by atoms with Crippen LogP contribution in [0.25, 0.3) is 0 Å². The number of nitrogens with zero attached hydrogens (tertiary/aromatic N) is 1. The van der Waals surface area contributed by atoms with Crippen LogP contribution in [0.3, 0.4) is 0 Å². The van der Waals surface area contributed by atoms with E-state index < -0.39 is 0 Å². The molecule has 1 N–H and O–H groups in total. The van der Waals surface area contributed by atoms with Gasteiger partial charge in [-0.15, -0.1) is 0 Å². The molecule has 1 atom stereocenters. The van der Waals surface area contributed by atoms with Gasteiger partial charge in [0.25, 0.3) is 0 Å². The molecule has 6 heteroatoms. The minimum Gasteiger partial charge on any atom is -0.447 e. The fourth-order valence-corrected chi connectivity index (χ4v) is 5.75. The number of allylic oxidation sites excluding steroid dienone is 6. The van der Waals surface area contributed by atoms with Gasteiger partial charge in [0.2, 0.25) is 0 Å². The monoisotopic (exact) mass is 705 g/mol. The van der Waals surface area contributed by atoms with Crippen LogP contribution >= 0.6 is 0 Å². The van der Waals surface area contributed by atoms with Crippen LogP contribution in [0.15, 0.2) is 36.5 Å². The minimum absolute atomic E-state index is 0.220. The fraction of sp³-hybridized carbons (Fsp3) is 0.841. The lowest BCUT2D eigenvalue weighted by Gasteiger charge is -2.19.